The molecule has 1 aliphatic heterocycles. The van der Waals surface area contributed by atoms with Crippen molar-refractivity contribution < 1.29 is 18.7 Å². The summed E-state index contributed by atoms with van der Waals surface area (Å²) >= 11 is 1.46. The summed E-state index contributed by atoms with van der Waals surface area (Å²) in [6.07, 6.45) is 1.26. The molecule has 9 heteroatoms. The number of thiophene rings is 1. The van der Waals surface area contributed by atoms with E-state index in [1.54, 1.807) is 0 Å². The van der Waals surface area contributed by atoms with Gasteiger partial charge in [0.05, 0.1) is 18.1 Å². The summed E-state index contributed by atoms with van der Waals surface area (Å²) in [5, 5.41) is 4.77. The summed E-state index contributed by atoms with van der Waals surface area (Å²) in [6, 6.07) is 11.4. The first-order chi connectivity index (χ1) is 15.2. The van der Waals surface area contributed by atoms with Crippen LogP contribution >= 0.6 is 11.3 Å². The molecule has 1 saturated heterocycles. The highest BCUT2D eigenvalue weighted by Gasteiger charge is 2.25. The van der Waals surface area contributed by atoms with Crippen LogP contribution in [0.2, 0.25) is 0 Å². The minimum absolute atomic E-state index is 0.0721. The van der Waals surface area contributed by atoms with E-state index in [4.69, 9.17) is 9.15 Å². The number of likely N-dealkylation sites (N-methyl/N-ethyl adjacent to an activating group) is 1. The van der Waals surface area contributed by atoms with Gasteiger partial charge in [-0.3, -0.25) is 9.59 Å². The standard InChI is InChI=1S/C22H24N4O4S/c1-2-25(22(28)20-21(30-15-23-20)18-4-3-13-31-18)14-19(27)24-16-5-7-17(8-6-16)26-9-11-29-12-10-26/h3-8,13,15H,2,9-12,14H2,1H3,(H,24,27). The molecular formula is C22H24N4O4S. The quantitative estimate of drug-likeness (QED) is 0.606. The van der Waals surface area contributed by atoms with Crippen molar-refractivity contribution in [1.29, 1.82) is 0 Å². The summed E-state index contributed by atoms with van der Waals surface area (Å²) in [5.41, 5.74) is 2.00. The van der Waals surface area contributed by atoms with E-state index < -0.39 is 0 Å². The average Bonchev–Trinajstić information content (AvgIpc) is 3.50. The molecule has 1 aromatic carbocycles. The maximum atomic E-state index is 13.0. The Morgan fingerprint density at radius 1 is 1.19 bits per heavy atom. The smallest absolute Gasteiger partial charge is 0.276 e. The first-order valence-electron chi connectivity index (χ1n) is 10.1. The summed E-state index contributed by atoms with van der Waals surface area (Å²) in [7, 11) is 0. The molecule has 0 spiro atoms. The van der Waals surface area contributed by atoms with Gasteiger partial charge in [-0.1, -0.05) is 6.07 Å². The molecule has 8 nitrogen and oxygen atoms in total. The highest BCUT2D eigenvalue weighted by atomic mass is 32.1. The zero-order valence-electron chi connectivity index (χ0n) is 17.2. The van der Waals surface area contributed by atoms with Crippen LogP contribution in [-0.2, 0) is 9.53 Å². The first-order valence-corrected chi connectivity index (χ1v) is 11.0. The Morgan fingerprint density at radius 3 is 2.65 bits per heavy atom. The van der Waals surface area contributed by atoms with Gasteiger partial charge in [0, 0.05) is 31.0 Å². The van der Waals surface area contributed by atoms with Crippen molar-refractivity contribution in [2.75, 3.05) is 49.6 Å². The molecular weight excluding hydrogens is 416 g/mol. The summed E-state index contributed by atoms with van der Waals surface area (Å²) in [6.45, 7) is 5.28. The molecule has 1 aliphatic rings. The molecule has 3 heterocycles. The number of hydrogen-bond donors (Lipinski definition) is 1. The zero-order chi connectivity index (χ0) is 21.6. The Labute approximate surface area is 184 Å². The fraction of sp³-hybridized carbons (Fsp3) is 0.318. The number of hydrogen-bond acceptors (Lipinski definition) is 7. The molecule has 0 atom stereocenters. The van der Waals surface area contributed by atoms with Gasteiger partial charge >= 0.3 is 0 Å². The topological polar surface area (TPSA) is 87.9 Å². The SMILES string of the molecule is CCN(CC(=O)Nc1ccc(N2CCOCC2)cc1)C(=O)c1ncoc1-c1cccs1. The molecule has 0 saturated carbocycles. The fourth-order valence-electron chi connectivity index (χ4n) is 3.41. The number of nitrogens with one attached hydrogen (secondary N) is 1. The minimum atomic E-state index is -0.336. The lowest BCUT2D eigenvalue weighted by molar-refractivity contribution is -0.116. The van der Waals surface area contributed by atoms with Crippen molar-refractivity contribution in [3.05, 3.63) is 53.9 Å². The number of oxazole rings is 1. The zero-order valence-corrected chi connectivity index (χ0v) is 18.1. The number of amides is 2. The van der Waals surface area contributed by atoms with E-state index in [-0.39, 0.29) is 24.1 Å². The van der Waals surface area contributed by atoms with Crippen LogP contribution in [0.4, 0.5) is 11.4 Å². The second-order valence-electron chi connectivity index (χ2n) is 7.02. The van der Waals surface area contributed by atoms with Crippen LogP contribution in [0.25, 0.3) is 10.6 Å². The fourth-order valence-corrected chi connectivity index (χ4v) is 4.12. The van der Waals surface area contributed by atoms with Crippen molar-refractivity contribution in [2.24, 2.45) is 0 Å². The maximum absolute atomic E-state index is 13.0. The van der Waals surface area contributed by atoms with Crippen LogP contribution < -0.4 is 10.2 Å². The van der Waals surface area contributed by atoms with Gasteiger partial charge in [-0.25, -0.2) is 4.98 Å². The van der Waals surface area contributed by atoms with Crippen LogP contribution in [-0.4, -0.2) is 61.1 Å². The third-order valence-electron chi connectivity index (χ3n) is 5.05. The molecule has 4 rings (SSSR count). The number of benzene rings is 1. The lowest BCUT2D eigenvalue weighted by Crippen LogP contribution is -2.38. The highest BCUT2D eigenvalue weighted by Crippen LogP contribution is 2.28. The van der Waals surface area contributed by atoms with Gasteiger partial charge < -0.3 is 24.3 Å². The third kappa shape index (κ3) is 4.95. The van der Waals surface area contributed by atoms with Gasteiger partial charge in [-0.2, -0.15) is 0 Å². The van der Waals surface area contributed by atoms with Crippen LogP contribution in [0.15, 0.2) is 52.6 Å². The Kier molecular flexibility index (Phi) is 6.63. The van der Waals surface area contributed by atoms with Crippen LogP contribution in [0.5, 0.6) is 0 Å². The van der Waals surface area contributed by atoms with Crippen LogP contribution in [0.3, 0.4) is 0 Å². The lowest BCUT2D eigenvalue weighted by Gasteiger charge is -2.29. The van der Waals surface area contributed by atoms with Crippen LogP contribution in [0, 0.1) is 0 Å². The summed E-state index contributed by atoms with van der Waals surface area (Å²) in [5.74, 6) is -0.175. The number of ether oxygens (including phenoxy) is 1. The molecule has 31 heavy (non-hydrogen) atoms. The van der Waals surface area contributed by atoms with Gasteiger partial charge in [0.25, 0.3) is 5.91 Å². The summed E-state index contributed by atoms with van der Waals surface area (Å²) in [4.78, 5) is 34.2. The number of carbonyl (C=O) groups excluding carboxylic acids is 2. The van der Waals surface area contributed by atoms with Crippen molar-refractivity contribution in [1.82, 2.24) is 9.88 Å². The number of morpholine rings is 1. The number of carbonyl (C=O) groups is 2. The largest absolute Gasteiger partial charge is 0.442 e. The van der Waals surface area contributed by atoms with E-state index in [1.807, 2.05) is 48.7 Å². The molecule has 1 fully saturated rings. The predicted molar refractivity (Wildman–Crippen MR) is 119 cm³/mol. The molecule has 2 aromatic heterocycles. The summed E-state index contributed by atoms with van der Waals surface area (Å²) < 4.78 is 10.8. The van der Waals surface area contributed by atoms with Crippen LogP contribution in [0.1, 0.15) is 17.4 Å². The average molecular weight is 441 g/mol. The molecule has 3 aromatic rings. The van der Waals surface area contributed by atoms with E-state index >= 15 is 0 Å². The number of anilines is 2. The predicted octanol–water partition coefficient (Wildman–Crippen LogP) is 3.34. The van der Waals surface area contributed by atoms with Crippen molar-refractivity contribution in [3.63, 3.8) is 0 Å². The lowest BCUT2D eigenvalue weighted by atomic mass is 10.2. The van der Waals surface area contributed by atoms with Crippen molar-refractivity contribution in [2.45, 2.75) is 6.92 Å². The monoisotopic (exact) mass is 440 g/mol. The van der Waals surface area contributed by atoms with E-state index in [1.165, 1.54) is 22.6 Å². The van der Waals surface area contributed by atoms with Gasteiger partial charge in [0.2, 0.25) is 5.91 Å². The second-order valence-corrected chi connectivity index (χ2v) is 7.97. The second kappa shape index (κ2) is 9.76. The van der Waals surface area contributed by atoms with Crippen molar-refractivity contribution in [3.8, 4) is 10.6 Å². The Morgan fingerprint density at radius 2 is 1.97 bits per heavy atom. The number of nitrogens with zero attached hydrogens (tertiary/aromatic N) is 3. The Balaban J connectivity index is 1.38. The number of rotatable bonds is 7. The van der Waals surface area contributed by atoms with Gasteiger partial charge in [0.1, 0.15) is 6.54 Å². The maximum Gasteiger partial charge on any atom is 0.276 e. The minimum Gasteiger partial charge on any atom is -0.442 e. The molecule has 0 aliphatic carbocycles. The van der Waals surface area contributed by atoms with Gasteiger partial charge in [0.15, 0.2) is 17.8 Å². The Hall–Kier alpha value is -3.17. The van der Waals surface area contributed by atoms with E-state index in [0.717, 1.165) is 36.9 Å². The third-order valence-corrected chi connectivity index (χ3v) is 5.91. The van der Waals surface area contributed by atoms with Crippen molar-refractivity contribution >= 4 is 34.5 Å². The molecule has 1 N–H and O–H groups in total. The molecule has 0 bridgehead atoms. The number of aromatic nitrogens is 1. The molecule has 2 amide bonds. The Bertz CT molecular complexity index is 1010. The van der Waals surface area contributed by atoms with Gasteiger partial charge in [-0.15, -0.1) is 11.3 Å². The van der Waals surface area contributed by atoms with E-state index in [0.29, 0.717) is 18.0 Å². The molecule has 162 valence electrons. The molecule has 0 unspecified atom stereocenters. The normalized spacial score (nSPS) is 13.8. The first kappa shape index (κ1) is 21.1. The van der Waals surface area contributed by atoms with Gasteiger partial charge in [-0.05, 0) is 42.6 Å². The van der Waals surface area contributed by atoms with E-state index in [2.05, 4.69) is 15.2 Å². The highest BCUT2D eigenvalue weighted by molar-refractivity contribution is 7.13. The van der Waals surface area contributed by atoms with E-state index in [9.17, 15) is 9.59 Å². The molecule has 0 radical (unpaired) electrons.